The monoisotopic (exact) mass is 288 g/mol. The summed E-state index contributed by atoms with van der Waals surface area (Å²) in [7, 11) is 1.54. The van der Waals surface area contributed by atoms with Crippen LogP contribution in [0.15, 0.2) is 35.7 Å². The van der Waals surface area contributed by atoms with Crippen LogP contribution < -0.4 is 10.6 Å². The zero-order chi connectivity index (χ0) is 15.4. The molecule has 0 radical (unpaired) electrons. The van der Waals surface area contributed by atoms with E-state index in [-0.39, 0.29) is 23.0 Å². The number of benzene rings is 1. The van der Waals surface area contributed by atoms with Gasteiger partial charge < -0.3 is 15.4 Å². The minimum atomic E-state index is -0.406. The van der Waals surface area contributed by atoms with Gasteiger partial charge in [-0.3, -0.25) is 14.4 Å². The fraction of sp³-hybridized carbons (Fsp3) is 0.267. The first-order valence-corrected chi connectivity index (χ1v) is 6.49. The van der Waals surface area contributed by atoms with Crippen molar-refractivity contribution in [2.45, 2.75) is 6.92 Å². The number of amides is 1. The van der Waals surface area contributed by atoms with Gasteiger partial charge in [-0.05, 0) is 0 Å². The average Bonchev–Trinajstić information content (AvgIpc) is 2.47. The highest BCUT2D eigenvalue weighted by Gasteiger charge is 2.32. The van der Waals surface area contributed by atoms with Gasteiger partial charge in [0.15, 0.2) is 0 Å². The number of rotatable bonds is 5. The molecule has 1 amide bonds. The molecule has 0 aromatic heterocycles. The minimum Gasteiger partial charge on any atom is -0.383 e. The molecule has 0 heterocycles. The summed E-state index contributed by atoms with van der Waals surface area (Å²) in [6, 6.07) is 6.54. The molecule has 0 saturated carbocycles. The number of methoxy groups -OCH3 is 1. The van der Waals surface area contributed by atoms with Crippen molar-refractivity contribution < 1.29 is 19.1 Å². The Morgan fingerprint density at radius 3 is 2.19 bits per heavy atom. The largest absolute Gasteiger partial charge is 0.383 e. The third-order valence-electron chi connectivity index (χ3n) is 3.03. The molecule has 0 aliphatic heterocycles. The van der Waals surface area contributed by atoms with E-state index in [9.17, 15) is 14.4 Å². The predicted octanol–water partition coefficient (Wildman–Crippen LogP) is 0.649. The van der Waals surface area contributed by atoms with E-state index in [1.54, 1.807) is 24.3 Å². The maximum Gasteiger partial charge on any atom is 0.221 e. The first kappa shape index (κ1) is 14.9. The molecule has 0 spiro atoms. The van der Waals surface area contributed by atoms with Gasteiger partial charge in [0.2, 0.25) is 17.5 Å². The van der Waals surface area contributed by atoms with Crippen LogP contribution >= 0.6 is 0 Å². The molecule has 2 rings (SSSR count). The van der Waals surface area contributed by atoms with Gasteiger partial charge in [0.1, 0.15) is 11.4 Å². The maximum absolute atomic E-state index is 12.5. The van der Waals surface area contributed by atoms with Gasteiger partial charge in [-0.25, -0.2) is 0 Å². The first-order valence-electron chi connectivity index (χ1n) is 6.49. The van der Waals surface area contributed by atoms with Gasteiger partial charge in [0, 0.05) is 31.7 Å². The Kier molecular flexibility index (Phi) is 4.49. The Hall–Kier alpha value is -2.47. The highest BCUT2D eigenvalue weighted by atomic mass is 16.5. The van der Waals surface area contributed by atoms with Gasteiger partial charge in [0.25, 0.3) is 0 Å². The topological polar surface area (TPSA) is 84.5 Å². The maximum atomic E-state index is 12.5. The van der Waals surface area contributed by atoms with E-state index >= 15 is 0 Å². The van der Waals surface area contributed by atoms with E-state index in [0.29, 0.717) is 24.3 Å². The summed E-state index contributed by atoms with van der Waals surface area (Å²) >= 11 is 0. The van der Waals surface area contributed by atoms with Crippen molar-refractivity contribution in [3.63, 3.8) is 0 Å². The third kappa shape index (κ3) is 3.00. The van der Waals surface area contributed by atoms with E-state index in [1.165, 1.54) is 14.0 Å². The van der Waals surface area contributed by atoms with Gasteiger partial charge >= 0.3 is 0 Å². The SMILES string of the molecule is COCCNC1=C(NC(C)=O)C(=O)c2ccccc2C1=O. The summed E-state index contributed by atoms with van der Waals surface area (Å²) < 4.78 is 4.91. The Morgan fingerprint density at radius 2 is 1.67 bits per heavy atom. The summed E-state index contributed by atoms with van der Waals surface area (Å²) in [5, 5.41) is 5.32. The van der Waals surface area contributed by atoms with Crippen LogP contribution in [0.3, 0.4) is 0 Å². The van der Waals surface area contributed by atoms with Crippen molar-refractivity contribution in [3.8, 4) is 0 Å². The lowest BCUT2D eigenvalue weighted by atomic mass is 9.90. The summed E-state index contributed by atoms with van der Waals surface area (Å²) in [4.78, 5) is 36.2. The molecule has 6 heteroatoms. The number of ketones is 2. The number of hydrogen-bond acceptors (Lipinski definition) is 5. The van der Waals surface area contributed by atoms with Crippen LogP contribution in [-0.4, -0.2) is 37.7 Å². The molecule has 0 bridgehead atoms. The summed E-state index contributed by atoms with van der Waals surface area (Å²) in [5.41, 5.74) is 0.716. The molecule has 0 fully saturated rings. The van der Waals surface area contributed by atoms with E-state index in [1.807, 2.05) is 0 Å². The highest BCUT2D eigenvalue weighted by molar-refractivity contribution is 6.27. The second kappa shape index (κ2) is 6.32. The van der Waals surface area contributed by atoms with Crippen LogP contribution in [0.25, 0.3) is 0 Å². The van der Waals surface area contributed by atoms with Crippen molar-refractivity contribution >= 4 is 17.5 Å². The number of carbonyl (C=O) groups excluding carboxylic acids is 3. The quantitative estimate of drug-likeness (QED) is 0.777. The molecule has 0 unspecified atom stereocenters. The van der Waals surface area contributed by atoms with E-state index in [2.05, 4.69) is 10.6 Å². The lowest BCUT2D eigenvalue weighted by molar-refractivity contribution is -0.118. The molecule has 1 aromatic rings. The fourth-order valence-electron chi connectivity index (χ4n) is 2.12. The number of ether oxygens (including phenoxy) is 1. The Labute approximate surface area is 122 Å². The second-order valence-corrected chi connectivity index (χ2v) is 4.55. The van der Waals surface area contributed by atoms with Gasteiger partial charge in [0.05, 0.1) is 6.61 Å². The molecule has 0 atom stereocenters. The molecule has 1 aliphatic rings. The molecular weight excluding hydrogens is 272 g/mol. The molecular formula is C15H16N2O4. The molecule has 6 nitrogen and oxygen atoms in total. The lowest BCUT2D eigenvalue weighted by Gasteiger charge is -2.21. The van der Waals surface area contributed by atoms with Crippen molar-refractivity contribution in [1.29, 1.82) is 0 Å². The Bertz CT molecular complexity index is 634. The van der Waals surface area contributed by atoms with Crippen molar-refractivity contribution in [2.24, 2.45) is 0 Å². The predicted molar refractivity (Wildman–Crippen MR) is 75.8 cm³/mol. The number of nitrogens with one attached hydrogen (secondary N) is 2. The average molecular weight is 288 g/mol. The van der Waals surface area contributed by atoms with Crippen LogP contribution in [-0.2, 0) is 9.53 Å². The Balaban J connectivity index is 2.44. The smallest absolute Gasteiger partial charge is 0.221 e. The lowest BCUT2D eigenvalue weighted by Crippen LogP contribution is -2.38. The van der Waals surface area contributed by atoms with E-state index in [4.69, 9.17) is 4.74 Å². The number of carbonyl (C=O) groups is 3. The van der Waals surface area contributed by atoms with Crippen molar-refractivity contribution in [3.05, 3.63) is 46.8 Å². The van der Waals surface area contributed by atoms with Crippen molar-refractivity contribution in [2.75, 3.05) is 20.3 Å². The number of allylic oxidation sites excluding steroid dienone is 2. The van der Waals surface area contributed by atoms with Gasteiger partial charge in [-0.1, -0.05) is 24.3 Å². The van der Waals surface area contributed by atoms with E-state index < -0.39 is 5.91 Å². The fourth-order valence-corrected chi connectivity index (χ4v) is 2.12. The summed E-state index contributed by atoms with van der Waals surface area (Å²) in [6.07, 6.45) is 0. The molecule has 21 heavy (non-hydrogen) atoms. The third-order valence-corrected chi connectivity index (χ3v) is 3.03. The van der Waals surface area contributed by atoms with Crippen LogP contribution in [0, 0.1) is 0 Å². The zero-order valence-corrected chi connectivity index (χ0v) is 11.9. The molecule has 1 aliphatic carbocycles. The summed E-state index contributed by atoms with van der Waals surface area (Å²) in [5.74, 6) is -1.10. The van der Waals surface area contributed by atoms with Gasteiger partial charge in [-0.2, -0.15) is 0 Å². The zero-order valence-electron chi connectivity index (χ0n) is 11.9. The molecule has 1 aromatic carbocycles. The second-order valence-electron chi connectivity index (χ2n) is 4.55. The van der Waals surface area contributed by atoms with Gasteiger partial charge in [-0.15, -0.1) is 0 Å². The number of Topliss-reactive ketones (excluding diaryl/α,β-unsaturated/α-hetero) is 2. The van der Waals surface area contributed by atoms with Crippen LogP contribution in [0.1, 0.15) is 27.6 Å². The normalized spacial score (nSPS) is 14.0. The summed E-state index contributed by atoms with van der Waals surface area (Å²) in [6.45, 7) is 2.02. The van der Waals surface area contributed by atoms with Crippen LogP contribution in [0.4, 0.5) is 0 Å². The highest BCUT2D eigenvalue weighted by Crippen LogP contribution is 2.23. The standard InChI is InChI=1S/C15H16N2O4/c1-9(18)17-13-12(16-7-8-21-2)14(19)10-5-3-4-6-11(10)15(13)20/h3-6,16H,7-8H2,1-2H3,(H,17,18). The molecule has 0 saturated heterocycles. The first-order chi connectivity index (χ1) is 10.1. The van der Waals surface area contributed by atoms with Crippen LogP contribution in [0.5, 0.6) is 0 Å². The van der Waals surface area contributed by atoms with Crippen LogP contribution in [0.2, 0.25) is 0 Å². The number of fused-ring (bicyclic) bond motifs is 1. The Morgan fingerprint density at radius 1 is 1.10 bits per heavy atom. The van der Waals surface area contributed by atoms with E-state index in [0.717, 1.165) is 0 Å². The van der Waals surface area contributed by atoms with Crippen molar-refractivity contribution in [1.82, 2.24) is 10.6 Å². The number of hydrogen-bond donors (Lipinski definition) is 2. The minimum absolute atomic E-state index is 0.0118. The molecule has 2 N–H and O–H groups in total. The molecule has 110 valence electrons.